The van der Waals surface area contributed by atoms with Gasteiger partial charge in [-0.2, -0.15) is 0 Å². The minimum absolute atomic E-state index is 0.0126. The highest BCUT2D eigenvalue weighted by molar-refractivity contribution is 5.95. The van der Waals surface area contributed by atoms with Crippen molar-refractivity contribution in [2.24, 2.45) is 16.7 Å². The summed E-state index contributed by atoms with van der Waals surface area (Å²) in [5, 5.41) is 39.9. The first-order chi connectivity index (χ1) is 28.4. The summed E-state index contributed by atoms with van der Waals surface area (Å²) in [4.78, 5) is 82.9. The van der Waals surface area contributed by atoms with Gasteiger partial charge in [0.25, 0.3) is 0 Å². The normalized spacial score (nSPS) is 32.5. The fourth-order valence-corrected chi connectivity index (χ4v) is 9.80. The molecule has 3 aliphatic carbocycles. The number of fused-ring (bicyclic) bond motifs is 5. The standard InChI is InChI=1S/C45H55NO15/c1-23-28(58-39(53)33(50)32(26-16-12-10-13-17-26)46-40(54)61-41(4,5)6)21-45(55)37(59-38(52)27-18-14-11-15-19-27)35-43(9,29(49)20-30-44(35,22-56-30)60-25(3)48)36(51)34(57-24(2)47)31(23)42(45,7)8/h10-19,28-30,32-35,37,49-50,55H,20-22H2,1-9H3,(H,46,54)/t28-,29+,30+,32+,33-,34-,35+,37+,43-,44+,45+/m1/s1. The van der Waals surface area contributed by atoms with Crippen molar-refractivity contribution in [2.75, 3.05) is 6.61 Å². The van der Waals surface area contributed by atoms with Gasteiger partial charge in [0.2, 0.25) is 0 Å². The van der Waals surface area contributed by atoms with Crippen LogP contribution in [-0.4, -0.2) is 111 Å². The predicted octanol–water partition coefficient (Wildman–Crippen LogP) is 3.83. The van der Waals surface area contributed by atoms with Crippen LogP contribution in [0.4, 0.5) is 4.79 Å². The number of alkyl carbamates (subject to hydrolysis) is 1. The van der Waals surface area contributed by atoms with E-state index in [2.05, 4.69) is 5.32 Å². The monoisotopic (exact) mass is 849 g/mol. The van der Waals surface area contributed by atoms with Crippen molar-refractivity contribution in [1.82, 2.24) is 5.32 Å². The number of aliphatic hydroxyl groups is 3. The van der Waals surface area contributed by atoms with Crippen molar-refractivity contribution in [2.45, 2.75) is 135 Å². The van der Waals surface area contributed by atoms with Gasteiger partial charge in [-0.3, -0.25) is 14.4 Å². The van der Waals surface area contributed by atoms with Crippen LogP contribution in [0.15, 0.2) is 71.8 Å². The molecule has 16 nitrogen and oxygen atoms in total. The Hall–Kier alpha value is -5.16. The lowest BCUT2D eigenvalue weighted by Crippen LogP contribution is -2.82. The average Bonchev–Trinajstić information content (AvgIpc) is 3.17. The maximum atomic E-state index is 15.5. The van der Waals surface area contributed by atoms with E-state index in [9.17, 15) is 39.3 Å². The molecule has 2 aromatic rings. The van der Waals surface area contributed by atoms with Crippen molar-refractivity contribution in [3.63, 3.8) is 0 Å². The highest BCUT2D eigenvalue weighted by Gasteiger charge is 2.78. The molecule has 4 aliphatic rings. The third kappa shape index (κ3) is 7.94. The van der Waals surface area contributed by atoms with Gasteiger partial charge in [-0.1, -0.05) is 62.4 Å². The zero-order valence-corrected chi connectivity index (χ0v) is 35.8. The van der Waals surface area contributed by atoms with Crippen molar-refractivity contribution < 1.29 is 72.5 Å². The number of rotatable bonds is 9. The van der Waals surface area contributed by atoms with E-state index in [0.717, 1.165) is 13.8 Å². The number of carbonyl (C=O) groups is 6. The summed E-state index contributed by atoms with van der Waals surface area (Å²) in [5.41, 5.74) is -8.30. The Balaban J connectivity index is 1.54. The fraction of sp³-hybridized carbons (Fsp3) is 0.556. The van der Waals surface area contributed by atoms with Crippen molar-refractivity contribution in [3.8, 4) is 0 Å². The van der Waals surface area contributed by atoms with Crippen LogP contribution in [0.5, 0.6) is 0 Å². The zero-order chi connectivity index (χ0) is 45.0. The first kappa shape index (κ1) is 45.4. The zero-order valence-electron chi connectivity index (χ0n) is 35.8. The highest BCUT2D eigenvalue weighted by atomic mass is 16.6. The fourth-order valence-electron chi connectivity index (χ4n) is 9.80. The summed E-state index contributed by atoms with van der Waals surface area (Å²) in [6.45, 7) is 12.9. The van der Waals surface area contributed by atoms with Gasteiger partial charge in [-0.05, 0) is 63.5 Å². The van der Waals surface area contributed by atoms with Crippen LogP contribution < -0.4 is 5.32 Å². The number of ketones is 1. The van der Waals surface area contributed by atoms with E-state index in [1.807, 2.05) is 0 Å². The van der Waals surface area contributed by atoms with E-state index in [1.54, 1.807) is 83.1 Å². The topological polar surface area (TPSA) is 231 Å². The quantitative estimate of drug-likeness (QED) is 0.160. The first-order valence-corrected chi connectivity index (χ1v) is 20.2. The maximum Gasteiger partial charge on any atom is 0.408 e. The summed E-state index contributed by atoms with van der Waals surface area (Å²) in [6.07, 6.45) is -11.5. The van der Waals surface area contributed by atoms with Crippen LogP contribution in [0, 0.1) is 16.7 Å². The van der Waals surface area contributed by atoms with E-state index in [0.29, 0.717) is 5.56 Å². The summed E-state index contributed by atoms with van der Waals surface area (Å²) < 4.78 is 35.6. The second kappa shape index (κ2) is 16.3. The van der Waals surface area contributed by atoms with E-state index in [-0.39, 0.29) is 29.7 Å². The second-order valence-electron chi connectivity index (χ2n) is 18.2. The second-order valence-corrected chi connectivity index (χ2v) is 18.2. The van der Waals surface area contributed by atoms with Crippen LogP contribution in [-0.2, 0) is 47.6 Å². The van der Waals surface area contributed by atoms with Crippen LogP contribution in [0.1, 0.15) is 97.1 Å². The Morgan fingerprint density at radius 1 is 0.902 bits per heavy atom. The molecule has 11 atom stereocenters. The van der Waals surface area contributed by atoms with E-state index < -0.39 is 118 Å². The molecule has 1 heterocycles. The number of esters is 4. The Labute approximate surface area is 353 Å². The summed E-state index contributed by atoms with van der Waals surface area (Å²) in [6, 6.07) is 14.5. The van der Waals surface area contributed by atoms with E-state index in [4.69, 9.17) is 28.4 Å². The SMILES string of the molecule is CC(=O)O[C@H]1C(=O)[C@@]2(C)[C@H]([C@H](OC(=O)c3ccccc3)[C@@]3(O)C[C@@H](OC(=O)[C@H](O)[C@@H](NC(=O)OC(C)(C)C)c4ccccc4)C(C)=C1C3(C)C)[C@]1(OC(C)=O)CO[C@H]1C[C@@H]2O. The van der Waals surface area contributed by atoms with Crippen LogP contribution in [0.3, 0.4) is 0 Å². The van der Waals surface area contributed by atoms with Crippen LogP contribution >= 0.6 is 0 Å². The van der Waals surface area contributed by atoms with Gasteiger partial charge >= 0.3 is 30.0 Å². The third-order valence-corrected chi connectivity index (χ3v) is 12.8. The largest absolute Gasteiger partial charge is 0.456 e. The Morgan fingerprint density at radius 3 is 2.05 bits per heavy atom. The molecule has 1 saturated heterocycles. The van der Waals surface area contributed by atoms with Crippen LogP contribution in [0.25, 0.3) is 0 Å². The number of nitrogens with one attached hydrogen (secondary N) is 1. The molecule has 16 heteroatoms. The number of ether oxygens (including phenoxy) is 6. The number of aliphatic hydroxyl groups excluding tert-OH is 2. The highest BCUT2D eigenvalue weighted by Crippen LogP contribution is 2.64. The molecule has 0 aromatic heterocycles. The molecule has 2 bridgehead atoms. The molecule has 61 heavy (non-hydrogen) atoms. The van der Waals surface area contributed by atoms with E-state index in [1.165, 1.54) is 26.0 Å². The van der Waals surface area contributed by atoms with E-state index >= 15 is 4.79 Å². The maximum absolute atomic E-state index is 15.5. The smallest absolute Gasteiger partial charge is 0.408 e. The molecule has 0 radical (unpaired) electrons. The van der Waals surface area contributed by atoms with Gasteiger partial charge in [-0.15, -0.1) is 0 Å². The first-order valence-electron chi connectivity index (χ1n) is 20.2. The summed E-state index contributed by atoms with van der Waals surface area (Å²) >= 11 is 0. The molecule has 2 aromatic carbocycles. The molecule has 3 fully saturated rings. The summed E-state index contributed by atoms with van der Waals surface area (Å²) in [7, 11) is 0. The molecular weight excluding hydrogens is 794 g/mol. The molecule has 4 N–H and O–H groups in total. The molecule has 6 rings (SSSR count). The molecular formula is C45H55NO15. The Kier molecular flexibility index (Phi) is 12.1. The number of carbonyl (C=O) groups excluding carboxylic acids is 6. The molecule has 0 spiro atoms. The lowest BCUT2D eigenvalue weighted by atomic mass is 9.44. The predicted molar refractivity (Wildman–Crippen MR) is 213 cm³/mol. The molecule has 1 aliphatic heterocycles. The van der Waals surface area contributed by atoms with Gasteiger partial charge in [0.05, 0.1) is 35.6 Å². The molecule has 1 amide bonds. The molecule has 2 saturated carbocycles. The van der Waals surface area contributed by atoms with Gasteiger partial charge in [0.15, 0.2) is 23.6 Å². The Bertz CT molecular complexity index is 2100. The Morgan fingerprint density at radius 2 is 1.51 bits per heavy atom. The summed E-state index contributed by atoms with van der Waals surface area (Å²) in [5.74, 6) is -6.30. The average molecular weight is 850 g/mol. The van der Waals surface area contributed by atoms with Gasteiger partial charge in [-0.25, -0.2) is 14.4 Å². The minimum Gasteiger partial charge on any atom is -0.456 e. The minimum atomic E-state index is -2.40. The van der Waals surface area contributed by atoms with Crippen LogP contribution in [0.2, 0.25) is 0 Å². The lowest BCUT2D eigenvalue weighted by Gasteiger charge is -2.67. The number of hydrogen-bond acceptors (Lipinski definition) is 15. The number of hydrogen-bond donors (Lipinski definition) is 4. The van der Waals surface area contributed by atoms with Gasteiger partial charge < -0.3 is 49.1 Å². The number of amides is 1. The molecule has 0 unspecified atom stereocenters. The van der Waals surface area contributed by atoms with Gasteiger partial charge in [0, 0.05) is 32.1 Å². The van der Waals surface area contributed by atoms with Crippen molar-refractivity contribution in [1.29, 1.82) is 0 Å². The molecule has 330 valence electrons. The number of benzene rings is 2. The number of Topliss-reactive ketones (excluding diaryl/α,β-unsaturated/α-hetero) is 1. The lowest BCUT2D eigenvalue weighted by molar-refractivity contribution is -0.346. The van der Waals surface area contributed by atoms with Gasteiger partial charge in [0.1, 0.15) is 29.5 Å². The third-order valence-electron chi connectivity index (χ3n) is 12.8. The van der Waals surface area contributed by atoms with Crippen molar-refractivity contribution in [3.05, 3.63) is 82.9 Å². The van der Waals surface area contributed by atoms with Crippen molar-refractivity contribution >= 4 is 35.8 Å².